The van der Waals surface area contributed by atoms with Gasteiger partial charge in [0.1, 0.15) is 0 Å². The number of carboxylic acids is 1. The van der Waals surface area contributed by atoms with Gasteiger partial charge in [-0.1, -0.05) is 20.3 Å². The molecule has 1 N–H and O–H groups in total. The van der Waals surface area contributed by atoms with Crippen LogP contribution in [0.15, 0.2) is 0 Å². The molecule has 6 heteroatoms. The fourth-order valence-electron chi connectivity index (χ4n) is 2.19. The number of rotatable bonds is 5. The Balaban J connectivity index is 2.18. The minimum Gasteiger partial charge on any atom is -0.481 e. The summed E-state index contributed by atoms with van der Waals surface area (Å²) in [7, 11) is 0. The molecule has 1 saturated carbocycles. The van der Waals surface area contributed by atoms with Crippen molar-refractivity contribution in [1.82, 2.24) is 20.2 Å². The van der Waals surface area contributed by atoms with E-state index in [0.29, 0.717) is 6.54 Å². The molecule has 0 amide bonds. The van der Waals surface area contributed by atoms with Crippen molar-refractivity contribution in [3.63, 3.8) is 0 Å². The van der Waals surface area contributed by atoms with Gasteiger partial charge in [0.25, 0.3) is 0 Å². The molecule has 1 fully saturated rings. The van der Waals surface area contributed by atoms with E-state index in [1.807, 2.05) is 0 Å². The van der Waals surface area contributed by atoms with Crippen LogP contribution in [0.25, 0.3) is 0 Å². The zero-order valence-electron chi connectivity index (χ0n) is 10.3. The summed E-state index contributed by atoms with van der Waals surface area (Å²) in [6.07, 6.45) is 3.37. The number of hydrogen-bond donors (Lipinski definition) is 1. The third kappa shape index (κ3) is 2.03. The second-order valence-corrected chi connectivity index (χ2v) is 4.94. The lowest BCUT2D eigenvalue weighted by Gasteiger charge is -2.37. The number of carbonyl (C=O) groups is 1. The van der Waals surface area contributed by atoms with E-state index in [9.17, 15) is 9.90 Å². The first kappa shape index (κ1) is 12.0. The van der Waals surface area contributed by atoms with Crippen LogP contribution in [-0.4, -0.2) is 31.3 Å². The first-order valence-electron chi connectivity index (χ1n) is 6.08. The highest BCUT2D eigenvalue weighted by molar-refractivity contribution is 5.75. The monoisotopic (exact) mass is 238 g/mol. The summed E-state index contributed by atoms with van der Waals surface area (Å²) in [5.41, 5.74) is -0.641. The van der Waals surface area contributed by atoms with Crippen LogP contribution in [0.2, 0.25) is 0 Å². The lowest BCUT2D eigenvalue weighted by atomic mass is 9.69. The van der Waals surface area contributed by atoms with Crippen LogP contribution < -0.4 is 0 Å². The van der Waals surface area contributed by atoms with Crippen LogP contribution in [0.4, 0.5) is 0 Å². The second-order valence-electron chi connectivity index (χ2n) is 4.94. The van der Waals surface area contributed by atoms with E-state index < -0.39 is 11.4 Å². The third-order valence-electron chi connectivity index (χ3n) is 3.83. The average molecular weight is 238 g/mol. The first-order chi connectivity index (χ1) is 8.09. The summed E-state index contributed by atoms with van der Waals surface area (Å²) >= 11 is 0. The van der Waals surface area contributed by atoms with E-state index in [1.165, 1.54) is 0 Å². The van der Waals surface area contributed by atoms with Crippen LogP contribution in [0.3, 0.4) is 0 Å². The van der Waals surface area contributed by atoms with Gasteiger partial charge in [0.2, 0.25) is 0 Å². The van der Waals surface area contributed by atoms with Crippen molar-refractivity contribution < 1.29 is 9.90 Å². The highest BCUT2D eigenvalue weighted by Gasteiger charge is 2.45. The number of nitrogens with zero attached hydrogens (tertiary/aromatic N) is 4. The molecule has 1 heterocycles. The van der Waals surface area contributed by atoms with E-state index in [0.717, 1.165) is 31.5 Å². The normalized spacial score (nSPS) is 19.6. The molecule has 0 aromatic carbocycles. The molecule has 1 atom stereocenters. The fraction of sp³-hybridized carbons (Fsp3) is 0.818. The van der Waals surface area contributed by atoms with Gasteiger partial charge in [0.15, 0.2) is 5.82 Å². The molecule has 2 rings (SSSR count). The molecule has 94 valence electrons. The molecule has 1 aliphatic carbocycles. The van der Waals surface area contributed by atoms with Gasteiger partial charge in [-0.15, -0.1) is 5.10 Å². The smallest absolute Gasteiger partial charge is 0.311 e. The largest absolute Gasteiger partial charge is 0.481 e. The zero-order chi connectivity index (χ0) is 12.5. The minimum atomic E-state index is -0.727. The van der Waals surface area contributed by atoms with Gasteiger partial charge in [-0.25, -0.2) is 4.68 Å². The predicted molar refractivity (Wildman–Crippen MR) is 60.4 cm³/mol. The lowest BCUT2D eigenvalue weighted by Crippen LogP contribution is -2.42. The summed E-state index contributed by atoms with van der Waals surface area (Å²) < 4.78 is 1.67. The molecule has 0 spiro atoms. The van der Waals surface area contributed by atoms with Crippen LogP contribution in [0.1, 0.15) is 51.3 Å². The molecule has 0 saturated heterocycles. The summed E-state index contributed by atoms with van der Waals surface area (Å²) in [4.78, 5) is 11.3. The summed E-state index contributed by atoms with van der Waals surface area (Å²) in [5.74, 6) is 0.324. The van der Waals surface area contributed by atoms with E-state index in [2.05, 4.69) is 29.4 Å². The molecular formula is C11H18N4O2. The molecule has 0 bridgehead atoms. The fourth-order valence-corrected chi connectivity index (χ4v) is 2.19. The minimum absolute atomic E-state index is 0.260. The first-order valence-corrected chi connectivity index (χ1v) is 6.08. The molecule has 6 nitrogen and oxygen atoms in total. The molecule has 0 radical (unpaired) electrons. The Hall–Kier alpha value is -1.46. The Morgan fingerprint density at radius 2 is 2.29 bits per heavy atom. The summed E-state index contributed by atoms with van der Waals surface area (Å²) in [6, 6.07) is 0. The van der Waals surface area contributed by atoms with Gasteiger partial charge in [-0.3, -0.25) is 4.79 Å². The molecule has 1 unspecified atom stereocenters. The quantitative estimate of drug-likeness (QED) is 0.839. The van der Waals surface area contributed by atoms with Crippen LogP contribution in [0.5, 0.6) is 0 Å². The van der Waals surface area contributed by atoms with E-state index >= 15 is 0 Å². The van der Waals surface area contributed by atoms with E-state index in [4.69, 9.17) is 0 Å². The molecule has 1 aliphatic rings. The van der Waals surface area contributed by atoms with Crippen molar-refractivity contribution in [1.29, 1.82) is 0 Å². The van der Waals surface area contributed by atoms with Crippen LogP contribution >= 0.6 is 0 Å². The summed E-state index contributed by atoms with van der Waals surface area (Å²) in [6.45, 7) is 4.52. The second kappa shape index (κ2) is 4.43. The van der Waals surface area contributed by atoms with Gasteiger partial charge in [-0.05, 0) is 29.7 Å². The molecule has 17 heavy (non-hydrogen) atoms. The third-order valence-corrected chi connectivity index (χ3v) is 3.83. The predicted octanol–water partition coefficient (Wildman–Crippen LogP) is 1.44. The number of aliphatic carboxylic acids is 1. The van der Waals surface area contributed by atoms with Crippen LogP contribution in [-0.2, 0) is 11.3 Å². The van der Waals surface area contributed by atoms with E-state index in [1.54, 1.807) is 4.68 Å². The standard InChI is InChI=1S/C11H18N4O2/c1-3-8(2)9-12-13-14-15(9)7-11(10(16)17)5-4-6-11/h8H,3-7H2,1-2H3,(H,16,17). The van der Waals surface area contributed by atoms with Crippen molar-refractivity contribution in [2.24, 2.45) is 5.41 Å². The Morgan fingerprint density at radius 1 is 1.59 bits per heavy atom. The molecule has 1 aromatic rings. The maximum absolute atomic E-state index is 11.3. The van der Waals surface area contributed by atoms with Crippen molar-refractivity contribution in [3.05, 3.63) is 5.82 Å². The summed E-state index contributed by atoms with van der Waals surface area (Å²) in [5, 5.41) is 20.9. The highest BCUT2D eigenvalue weighted by Crippen LogP contribution is 2.42. The SMILES string of the molecule is CCC(C)c1nnnn1CC1(C(=O)O)CCC1. The van der Waals surface area contributed by atoms with Crippen molar-refractivity contribution in [2.75, 3.05) is 0 Å². The van der Waals surface area contributed by atoms with Gasteiger partial charge < -0.3 is 5.11 Å². The lowest BCUT2D eigenvalue weighted by molar-refractivity contribution is -0.156. The van der Waals surface area contributed by atoms with Gasteiger partial charge in [-0.2, -0.15) is 0 Å². The number of aromatic nitrogens is 4. The number of hydrogen-bond acceptors (Lipinski definition) is 4. The highest BCUT2D eigenvalue weighted by atomic mass is 16.4. The molecule has 1 aromatic heterocycles. The Kier molecular flexibility index (Phi) is 3.13. The number of tetrazole rings is 1. The molecular weight excluding hydrogens is 220 g/mol. The zero-order valence-corrected chi connectivity index (χ0v) is 10.3. The van der Waals surface area contributed by atoms with Gasteiger partial charge in [0, 0.05) is 5.92 Å². The number of carboxylic acid groups (broad SMARTS) is 1. The Labute approximate surface area is 100 Å². The van der Waals surface area contributed by atoms with Crippen LogP contribution in [0, 0.1) is 5.41 Å². The van der Waals surface area contributed by atoms with Crippen molar-refractivity contribution >= 4 is 5.97 Å². The average Bonchev–Trinajstić information content (AvgIpc) is 2.69. The topological polar surface area (TPSA) is 80.9 Å². The van der Waals surface area contributed by atoms with Gasteiger partial charge in [0.05, 0.1) is 12.0 Å². The van der Waals surface area contributed by atoms with Gasteiger partial charge >= 0.3 is 5.97 Å². The van der Waals surface area contributed by atoms with Crippen molar-refractivity contribution in [3.8, 4) is 0 Å². The molecule has 0 aliphatic heterocycles. The maximum Gasteiger partial charge on any atom is 0.311 e. The Bertz CT molecular complexity index is 411. The van der Waals surface area contributed by atoms with E-state index in [-0.39, 0.29) is 5.92 Å². The van der Waals surface area contributed by atoms with Crippen molar-refractivity contribution in [2.45, 2.75) is 52.0 Å². The Morgan fingerprint density at radius 3 is 2.76 bits per heavy atom. The maximum atomic E-state index is 11.3.